The smallest absolute Gasteiger partial charge is 0.870 e. The van der Waals surface area contributed by atoms with E-state index in [2.05, 4.69) is 255 Å². The van der Waals surface area contributed by atoms with Gasteiger partial charge < -0.3 is 46.6 Å². The molecule has 10 rings (SSSR count). The number of hydrogen-bond donors (Lipinski definition) is 0. The van der Waals surface area contributed by atoms with Gasteiger partial charge in [0.15, 0.2) is 49.9 Å². The number of fused-ring (bicyclic) bond motifs is 2. The van der Waals surface area contributed by atoms with Crippen LogP contribution in [-0.2, 0) is 45.3 Å². The predicted molar refractivity (Wildman–Crippen MR) is 565 cm³/mol. The maximum absolute atomic E-state index is 14.7. The van der Waals surface area contributed by atoms with Crippen LogP contribution in [0.2, 0.25) is 112 Å². The molecule has 4 aromatic rings. The van der Waals surface area contributed by atoms with Gasteiger partial charge in [-0.2, -0.15) is 11.7 Å². The Morgan fingerprint density at radius 2 is 0.746 bits per heavy atom. The Kier molecular flexibility index (Phi) is 45.2. The quantitative estimate of drug-likeness (QED) is 0.0275. The van der Waals surface area contributed by atoms with Gasteiger partial charge in [0.2, 0.25) is 0 Å². The van der Waals surface area contributed by atoms with E-state index in [1.807, 2.05) is 127 Å². The van der Waals surface area contributed by atoms with E-state index in [-0.39, 0.29) is 104 Å². The molecule has 6 saturated carbocycles. The Morgan fingerprint density at radius 1 is 0.454 bits per heavy atom. The topological polar surface area (TPSA) is 185 Å². The molecule has 0 aromatic heterocycles. The van der Waals surface area contributed by atoms with Crippen LogP contribution < -0.4 is 58.9 Å². The third-order valence-electron chi connectivity index (χ3n) is 31.5. The molecular formula is C108H184Li2O12P2Si6. The molecule has 22 heteroatoms. The van der Waals surface area contributed by atoms with Crippen molar-refractivity contribution in [2.45, 2.75) is 414 Å². The van der Waals surface area contributed by atoms with Crippen LogP contribution in [0.4, 0.5) is 0 Å². The van der Waals surface area contributed by atoms with Gasteiger partial charge in [-0.1, -0.05) is 277 Å². The summed E-state index contributed by atoms with van der Waals surface area (Å²) in [5.74, 6) is 4.80. The van der Waals surface area contributed by atoms with E-state index < -0.39 is 64.2 Å². The number of allylic oxidation sites excluding steroid dienone is 2. The van der Waals surface area contributed by atoms with Gasteiger partial charge in [0.05, 0.1) is 36.7 Å². The second-order valence-electron chi connectivity index (χ2n) is 49.0. The molecule has 6 aliphatic rings. The number of rotatable bonds is 30. The molecule has 12 atom stereocenters. The molecule has 6 fully saturated rings. The van der Waals surface area contributed by atoms with Crippen molar-refractivity contribution in [3.63, 3.8) is 0 Å². The van der Waals surface area contributed by atoms with Gasteiger partial charge in [0, 0.05) is 64.6 Å². The van der Waals surface area contributed by atoms with Crippen molar-refractivity contribution in [1.29, 1.82) is 0 Å². The average molecular weight is 1920 g/mol. The second kappa shape index (κ2) is 48.2. The van der Waals surface area contributed by atoms with Crippen LogP contribution in [0.1, 0.15) is 267 Å². The van der Waals surface area contributed by atoms with E-state index >= 15 is 0 Å². The Bertz CT molecular complexity index is 4020. The summed E-state index contributed by atoms with van der Waals surface area (Å²) in [4.78, 5) is 24.6. The monoisotopic (exact) mass is 1920 g/mol. The minimum Gasteiger partial charge on any atom is -0.870 e. The minimum atomic E-state index is -3.00. The maximum Gasteiger partial charge on any atom is 1.00 e. The van der Waals surface area contributed by atoms with E-state index in [9.17, 15) is 18.7 Å². The molecule has 130 heavy (non-hydrogen) atoms. The summed E-state index contributed by atoms with van der Waals surface area (Å²) in [7, 11) is -16.9. The zero-order valence-electron chi connectivity index (χ0n) is 89.2. The van der Waals surface area contributed by atoms with Crippen molar-refractivity contribution >= 4 is 97.0 Å². The molecule has 6 aliphatic carbocycles. The fraction of sp³-hybridized carbons (Fsp3) is 0.676. The molecule has 12 nitrogen and oxygen atoms in total. The summed E-state index contributed by atoms with van der Waals surface area (Å²) < 4.78 is 70.0. The number of carbonyl (C=O) groups excluding carboxylic acids is 2. The fourth-order valence-electron chi connectivity index (χ4n) is 20.6. The Balaban J connectivity index is 0.000000453. The summed E-state index contributed by atoms with van der Waals surface area (Å²) in [5, 5.41) is 3.86. The van der Waals surface area contributed by atoms with Crippen molar-refractivity contribution < 1.29 is 93.9 Å². The van der Waals surface area contributed by atoms with Crippen molar-refractivity contribution in [3.05, 3.63) is 175 Å². The van der Waals surface area contributed by atoms with Crippen LogP contribution in [-0.4, -0.2) is 114 Å². The van der Waals surface area contributed by atoms with Crippen molar-refractivity contribution in [3.8, 4) is 0 Å². The zero-order chi connectivity index (χ0) is 94.9. The third-order valence-corrected chi connectivity index (χ3v) is 57.5. The molecule has 0 saturated heterocycles. The van der Waals surface area contributed by atoms with Crippen LogP contribution in [0.3, 0.4) is 0 Å². The normalized spacial score (nSPS) is 24.6. The molecular weight excluding hydrogens is 1730 g/mol. The number of hydrogen-bond acceptors (Lipinski definition) is 11. The average Bonchev–Trinajstić information content (AvgIpc) is 1.63. The van der Waals surface area contributed by atoms with Crippen molar-refractivity contribution in [2.75, 3.05) is 6.16 Å². The standard InChI is InChI=1S/C33H51O3PSi2.C33H50O3PSi2.2C21H40O2Si.2Li.2H2O/c2*1-26-27(22-23-37(34,29-18-14-12-15-19-29)30-20-16-13-17-21-30)24-28(35-38(8,9)32(2,3)4)25-31(26)36-39(10,11)33(5,6)7;2*1-16(10-8-14-20(2,3)23-24(5,6)7)17-12-13-18-19(22)11-9-15-21(17,18)4;;;;/h12-22,28,31H,1,23-25H2,2-11H3;12-23,28,31H,1,24-25H2,2-11H3;2*16-18H,8-15H2,1-7H3;;;2*1H2/q;-1;;;2*+1;;/p-1/b2*27-22-;;;;;;/t2*28-,31+;16-,17-,18+,21-;16-,17-,18-,21-;;;;/m1111..../s1. The van der Waals surface area contributed by atoms with Crippen LogP contribution in [0.15, 0.2) is 169 Å². The SMILES string of the molecule is C=C1/C(=C\CP(=O)(c2ccccc2)c2ccccc2)C[C@@H](O[Si](C)(C)C(C)(C)C)C[C@@H]1O[Si](C)(C)C(C)(C)C.C=C1/C(=C\[CH-]P(=O)(c2ccccc2)c2ccccc2)C[C@@H](O[Si](C)(C)C(C)(C)C)C[C@@H]1O[Si](C)(C)C(C)(C)C.C[C@H](CCCC(C)(C)O[Si](C)(C)C)[C@H]1CC[C@@H]2C(=O)CCC[C@@]21C.C[C@H](CCCC(C)(C)O[Si](C)(C)C)[C@H]1CC[C@H]2C(=O)CCC[C@]12C.O.[Li+].[Li+].[OH-]. The summed E-state index contributed by atoms with van der Waals surface area (Å²) in [5.41, 5.74) is 4.85. The molecule has 0 unspecified atom stereocenters. The number of carbonyl (C=O) groups is 2. The van der Waals surface area contributed by atoms with Crippen LogP contribution in [0.25, 0.3) is 0 Å². The summed E-state index contributed by atoms with van der Waals surface area (Å²) in [6.45, 7) is 87.3. The molecule has 0 radical (unpaired) electrons. The van der Waals surface area contributed by atoms with Gasteiger partial charge >= 0.3 is 37.7 Å². The minimum absolute atomic E-state index is 0. The first-order chi connectivity index (χ1) is 57.6. The van der Waals surface area contributed by atoms with E-state index in [0.29, 0.717) is 40.4 Å². The maximum atomic E-state index is 14.7. The van der Waals surface area contributed by atoms with Gasteiger partial charge in [-0.25, -0.2) is 6.08 Å². The van der Waals surface area contributed by atoms with Crippen LogP contribution in [0, 0.1) is 52.5 Å². The van der Waals surface area contributed by atoms with Gasteiger partial charge in [-0.05, 0) is 262 Å². The molecule has 0 bridgehead atoms. The molecule has 0 aliphatic heterocycles. The van der Waals surface area contributed by atoms with Gasteiger partial charge in [-0.15, -0.1) is 12.2 Å². The number of benzene rings is 4. The van der Waals surface area contributed by atoms with E-state index in [4.69, 9.17) is 26.6 Å². The van der Waals surface area contributed by atoms with E-state index in [1.54, 1.807) is 0 Å². The zero-order valence-corrected chi connectivity index (χ0v) is 97.0. The number of Topliss-reactive ketones (excluding diaryl/α,β-unsaturated/α-hetero) is 2. The van der Waals surface area contributed by atoms with E-state index in [0.717, 1.165) is 144 Å². The van der Waals surface area contributed by atoms with Gasteiger partial charge in [0.1, 0.15) is 18.7 Å². The first-order valence-electron chi connectivity index (χ1n) is 48.8. The van der Waals surface area contributed by atoms with E-state index in [1.165, 1.54) is 51.4 Å². The third kappa shape index (κ3) is 32.9. The Morgan fingerprint density at radius 3 is 1.05 bits per heavy atom. The van der Waals surface area contributed by atoms with Crippen LogP contribution >= 0.6 is 14.3 Å². The molecule has 0 heterocycles. The van der Waals surface area contributed by atoms with Crippen molar-refractivity contribution in [2.24, 2.45) is 46.3 Å². The summed E-state index contributed by atoms with van der Waals surface area (Å²) in [6.07, 6.45) is 28.3. The molecule has 0 spiro atoms. The number of ketones is 2. The largest absolute Gasteiger partial charge is 1.00 e. The molecule has 4 aromatic carbocycles. The Hall–Kier alpha value is -2.31. The summed E-state index contributed by atoms with van der Waals surface area (Å²) >= 11 is 0. The van der Waals surface area contributed by atoms with Crippen molar-refractivity contribution in [1.82, 2.24) is 0 Å². The van der Waals surface area contributed by atoms with Crippen LogP contribution in [0.5, 0.6) is 0 Å². The predicted octanol–water partition coefficient (Wildman–Crippen LogP) is 23.7. The Labute approximate surface area is 826 Å². The fourth-order valence-corrected chi connectivity index (χ4v) is 34.2. The summed E-state index contributed by atoms with van der Waals surface area (Å²) in [6, 6.07) is 39.4. The molecule has 724 valence electrons. The molecule has 0 amide bonds. The van der Waals surface area contributed by atoms with Gasteiger partial charge in [-0.3, -0.25) is 9.59 Å². The van der Waals surface area contributed by atoms with Gasteiger partial charge in [0.25, 0.3) is 0 Å². The second-order valence-corrected chi connectivity index (χ2v) is 82.4. The molecule has 3 N–H and O–H groups in total. The first-order valence-corrected chi connectivity index (χ1v) is 71.0. The first kappa shape index (κ1) is 122.